The fourth-order valence-electron chi connectivity index (χ4n) is 1.35. The summed E-state index contributed by atoms with van der Waals surface area (Å²) in [6.07, 6.45) is 0.688. The monoisotopic (exact) mass is 260 g/mol. The SMILES string of the molecule is CC(C)NCCCC(=O)N(CC(=O)O)CC(=O)O. The third kappa shape index (κ3) is 8.51. The van der Waals surface area contributed by atoms with E-state index in [1.54, 1.807) is 0 Å². The van der Waals surface area contributed by atoms with E-state index in [2.05, 4.69) is 5.32 Å². The summed E-state index contributed by atoms with van der Waals surface area (Å²) in [4.78, 5) is 33.5. The molecule has 0 rings (SSSR count). The van der Waals surface area contributed by atoms with Crippen molar-refractivity contribution in [1.29, 1.82) is 0 Å². The van der Waals surface area contributed by atoms with Crippen LogP contribution in [-0.4, -0.2) is 58.6 Å². The van der Waals surface area contributed by atoms with E-state index in [1.807, 2.05) is 13.8 Å². The van der Waals surface area contributed by atoms with Crippen molar-refractivity contribution in [2.45, 2.75) is 32.7 Å². The van der Waals surface area contributed by atoms with Crippen molar-refractivity contribution < 1.29 is 24.6 Å². The fourth-order valence-corrected chi connectivity index (χ4v) is 1.35. The van der Waals surface area contributed by atoms with E-state index in [4.69, 9.17) is 10.2 Å². The molecule has 0 aliphatic heterocycles. The summed E-state index contributed by atoms with van der Waals surface area (Å²) >= 11 is 0. The summed E-state index contributed by atoms with van der Waals surface area (Å²) in [5.41, 5.74) is 0. The molecular formula is C11H20N2O5. The van der Waals surface area contributed by atoms with Crippen LogP contribution in [0.2, 0.25) is 0 Å². The molecule has 18 heavy (non-hydrogen) atoms. The Labute approximate surface area is 106 Å². The molecule has 0 unspecified atom stereocenters. The molecule has 0 aromatic carbocycles. The molecule has 1 amide bonds. The number of amides is 1. The van der Waals surface area contributed by atoms with Crippen molar-refractivity contribution in [3.8, 4) is 0 Å². The molecule has 104 valence electrons. The predicted octanol–water partition coefficient (Wildman–Crippen LogP) is -0.238. The van der Waals surface area contributed by atoms with Gasteiger partial charge in [0.05, 0.1) is 0 Å². The Balaban J connectivity index is 4.12. The molecule has 0 heterocycles. The van der Waals surface area contributed by atoms with Gasteiger partial charge in [0.25, 0.3) is 0 Å². The minimum absolute atomic E-state index is 0.139. The van der Waals surface area contributed by atoms with Crippen LogP contribution in [-0.2, 0) is 14.4 Å². The second-order valence-electron chi connectivity index (χ2n) is 4.25. The van der Waals surface area contributed by atoms with E-state index in [0.29, 0.717) is 19.0 Å². The lowest BCUT2D eigenvalue weighted by atomic mass is 10.2. The van der Waals surface area contributed by atoms with Crippen molar-refractivity contribution in [3.63, 3.8) is 0 Å². The summed E-state index contributed by atoms with van der Waals surface area (Å²) in [5, 5.41) is 20.3. The zero-order chi connectivity index (χ0) is 14.1. The van der Waals surface area contributed by atoms with Crippen molar-refractivity contribution in [2.75, 3.05) is 19.6 Å². The van der Waals surface area contributed by atoms with E-state index >= 15 is 0 Å². The van der Waals surface area contributed by atoms with Crippen LogP contribution in [0.15, 0.2) is 0 Å². The van der Waals surface area contributed by atoms with Gasteiger partial charge < -0.3 is 20.4 Å². The highest BCUT2D eigenvalue weighted by atomic mass is 16.4. The second-order valence-corrected chi connectivity index (χ2v) is 4.25. The number of nitrogens with zero attached hydrogens (tertiary/aromatic N) is 1. The van der Waals surface area contributed by atoms with Gasteiger partial charge in [-0.3, -0.25) is 14.4 Å². The van der Waals surface area contributed by atoms with E-state index in [-0.39, 0.29) is 6.42 Å². The Morgan fingerprint density at radius 1 is 1.11 bits per heavy atom. The van der Waals surface area contributed by atoms with Crippen LogP contribution >= 0.6 is 0 Å². The van der Waals surface area contributed by atoms with Gasteiger partial charge in [-0.25, -0.2) is 0 Å². The second kappa shape index (κ2) is 8.46. The van der Waals surface area contributed by atoms with Crippen LogP contribution in [0.1, 0.15) is 26.7 Å². The highest BCUT2D eigenvalue weighted by Gasteiger charge is 2.18. The minimum atomic E-state index is -1.22. The van der Waals surface area contributed by atoms with E-state index in [1.165, 1.54) is 0 Å². The Morgan fingerprint density at radius 2 is 1.61 bits per heavy atom. The Kier molecular flexibility index (Phi) is 7.69. The van der Waals surface area contributed by atoms with Crippen LogP contribution in [0, 0.1) is 0 Å². The van der Waals surface area contributed by atoms with Crippen molar-refractivity contribution >= 4 is 17.8 Å². The molecule has 0 bridgehead atoms. The number of carbonyl (C=O) groups excluding carboxylic acids is 1. The van der Waals surface area contributed by atoms with Crippen LogP contribution in [0.3, 0.4) is 0 Å². The first-order valence-electron chi connectivity index (χ1n) is 5.77. The summed E-state index contributed by atoms with van der Waals surface area (Å²) in [6.45, 7) is 3.43. The van der Waals surface area contributed by atoms with Gasteiger partial charge >= 0.3 is 11.9 Å². The first-order chi connectivity index (χ1) is 8.32. The van der Waals surface area contributed by atoms with Crippen LogP contribution in [0.25, 0.3) is 0 Å². The molecule has 0 saturated heterocycles. The maximum absolute atomic E-state index is 11.6. The molecule has 3 N–H and O–H groups in total. The molecule has 0 aliphatic rings. The summed E-state index contributed by atoms with van der Waals surface area (Å²) < 4.78 is 0. The van der Waals surface area contributed by atoms with Gasteiger partial charge in [-0.1, -0.05) is 13.8 Å². The smallest absolute Gasteiger partial charge is 0.323 e. The molecule has 0 aromatic heterocycles. The maximum Gasteiger partial charge on any atom is 0.323 e. The minimum Gasteiger partial charge on any atom is -0.480 e. The summed E-state index contributed by atoms with van der Waals surface area (Å²) in [7, 11) is 0. The molecule has 0 atom stereocenters. The normalized spacial score (nSPS) is 10.4. The molecule has 7 nitrogen and oxygen atoms in total. The largest absolute Gasteiger partial charge is 0.480 e. The van der Waals surface area contributed by atoms with Crippen molar-refractivity contribution in [1.82, 2.24) is 10.2 Å². The number of aliphatic carboxylic acids is 2. The highest BCUT2D eigenvalue weighted by molar-refractivity contribution is 5.85. The first-order valence-corrected chi connectivity index (χ1v) is 5.77. The fraction of sp³-hybridized carbons (Fsp3) is 0.727. The quantitative estimate of drug-likeness (QED) is 0.494. The predicted molar refractivity (Wildman–Crippen MR) is 64.2 cm³/mol. The molecule has 0 spiro atoms. The Bertz CT molecular complexity index is 288. The Hall–Kier alpha value is -1.63. The molecule has 0 fully saturated rings. The first kappa shape index (κ1) is 16.4. The topological polar surface area (TPSA) is 107 Å². The highest BCUT2D eigenvalue weighted by Crippen LogP contribution is 1.98. The van der Waals surface area contributed by atoms with Crippen molar-refractivity contribution in [2.24, 2.45) is 0 Å². The van der Waals surface area contributed by atoms with Crippen molar-refractivity contribution in [3.05, 3.63) is 0 Å². The molecular weight excluding hydrogens is 240 g/mol. The molecule has 0 saturated carbocycles. The number of carbonyl (C=O) groups is 3. The van der Waals surface area contributed by atoms with Crippen LogP contribution in [0.4, 0.5) is 0 Å². The zero-order valence-electron chi connectivity index (χ0n) is 10.7. The molecule has 0 radical (unpaired) electrons. The molecule has 0 aromatic rings. The van der Waals surface area contributed by atoms with Gasteiger partial charge in [0.1, 0.15) is 13.1 Å². The summed E-state index contributed by atoms with van der Waals surface area (Å²) in [6, 6.07) is 0.314. The third-order valence-electron chi connectivity index (χ3n) is 2.12. The maximum atomic E-state index is 11.6. The zero-order valence-corrected chi connectivity index (χ0v) is 10.7. The van der Waals surface area contributed by atoms with Gasteiger partial charge in [0, 0.05) is 12.5 Å². The average molecular weight is 260 g/mol. The number of nitrogens with one attached hydrogen (secondary N) is 1. The lowest BCUT2D eigenvalue weighted by Crippen LogP contribution is -2.39. The number of rotatable bonds is 9. The van der Waals surface area contributed by atoms with Gasteiger partial charge in [-0.15, -0.1) is 0 Å². The molecule has 0 aliphatic carbocycles. The summed E-state index contributed by atoms with van der Waals surface area (Å²) in [5.74, 6) is -2.89. The van der Waals surface area contributed by atoms with E-state index in [0.717, 1.165) is 4.90 Å². The van der Waals surface area contributed by atoms with Crippen LogP contribution < -0.4 is 5.32 Å². The number of hydrogen-bond donors (Lipinski definition) is 3. The van der Waals surface area contributed by atoms with Gasteiger partial charge in [-0.05, 0) is 13.0 Å². The van der Waals surface area contributed by atoms with E-state index in [9.17, 15) is 14.4 Å². The number of hydrogen-bond acceptors (Lipinski definition) is 4. The van der Waals surface area contributed by atoms with Crippen LogP contribution in [0.5, 0.6) is 0 Å². The lowest BCUT2D eigenvalue weighted by molar-refractivity contribution is -0.149. The van der Waals surface area contributed by atoms with Gasteiger partial charge in [-0.2, -0.15) is 0 Å². The average Bonchev–Trinajstić information content (AvgIpc) is 2.21. The van der Waals surface area contributed by atoms with Gasteiger partial charge in [0.2, 0.25) is 5.91 Å². The van der Waals surface area contributed by atoms with Gasteiger partial charge in [0.15, 0.2) is 0 Å². The lowest BCUT2D eigenvalue weighted by Gasteiger charge is -2.18. The Morgan fingerprint density at radius 3 is 2.00 bits per heavy atom. The third-order valence-corrected chi connectivity index (χ3v) is 2.12. The number of carboxylic acids is 2. The standard InChI is InChI=1S/C11H20N2O5/c1-8(2)12-5-3-4-9(14)13(6-10(15)16)7-11(17)18/h8,12H,3-7H2,1-2H3,(H,15,16)(H,17,18). The van der Waals surface area contributed by atoms with E-state index < -0.39 is 30.9 Å². The molecule has 7 heteroatoms. The number of carboxylic acid groups (broad SMARTS) is 2.